The van der Waals surface area contributed by atoms with Crippen molar-refractivity contribution in [3.63, 3.8) is 0 Å². The third kappa shape index (κ3) is 3.50. The molecular formula is C13H16ClN7OS. The smallest absolute Gasteiger partial charge is 0.252 e. The molecule has 2 N–H and O–H groups in total. The molecule has 2 aromatic heterocycles. The first-order valence-electron chi connectivity index (χ1n) is 7.18. The number of nitrogens with zero attached hydrogens (tertiary/aromatic N) is 6. The Morgan fingerprint density at radius 2 is 2.00 bits per heavy atom. The normalized spacial score (nSPS) is 15.6. The lowest BCUT2D eigenvalue weighted by atomic mass is 10.2. The molecule has 122 valence electrons. The zero-order valence-electron chi connectivity index (χ0n) is 12.6. The molecule has 1 aliphatic rings. The maximum atomic E-state index is 11.6. The standard InChI is InChI=1S/C13H16ClN7OS/c1-8-16-13(23-19-8)21-4-2-3-20(5-6-21)12-9(11(15)22)7-10(14)17-18-12/h7H,2-6H2,1H3,(H2,15,22). The molecule has 0 radical (unpaired) electrons. The summed E-state index contributed by atoms with van der Waals surface area (Å²) in [6.45, 7) is 4.96. The van der Waals surface area contributed by atoms with Crippen molar-refractivity contribution in [3.05, 3.63) is 22.6 Å². The van der Waals surface area contributed by atoms with Crippen molar-refractivity contribution in [2.75, 3.05) is 36.0 Å². The van der Waals surface area contributed by atoms with Crippen molar-refractivity contribution in [2.45, 2.75) is 13.3 Å². The quantitative estimate of drug-likeness (QED) is 0.881. The van der Waals surface area contributed by atoms with Crippen LogP contribution in [0, 0.1) is 6.92 Å². The number of aryl methyl sites for hydroxylation is 1. The van der Waals surface area contributed by atoms with E-state index in [1.165, 1.54) is 17.6 Å². The van der Waals surface area contributed by atoms with Gasteiger partial charge in [-0.25, -0.2) is 4.98 Å². The van der Waals surface area contributed by atoms with Crippen LogP contribution in [0.15, 0.2) is 6.07 Å². The summed E-state index contributed by atoms with van der Waals surface area (Å²) in [6.07, 6.45) is 0.904. The molecular weight excluding hydrogens is 338 g/mol. The Morgan fingerprint density at radius 1 is 1.26 bits per heavy atom. The Hall–Kier alpha value is -2.00. The number of halogens is 1. The summed E-state index contributed by atoms with van der Waals surface area (Å²) < 4.78 is 4.22. The largest absolute Gasteiger partial charge is 0.365 e. The average Bonchev–Trinajstić information content (AvgIpc) is 2.81. The Bertz CT molecular complexity index is 722. The van der Waals surface area contributed by atoms with Gasteiger partial charge in [-0.1, -0.05) is 11.6 Å². The summed E-state index contributed by atoms with van der Waals surface area (Å²) in [4.78, 5) is 20.3. The maximum Gasteiger partial charge on any atom is 0.252 e. The van der Waals surface area contributed by atoms with E-state index in [2.05, 4.69) is 24.5 Å². The molecule has 1 amide bonds. The second-order valence-corrected chi connectivity index (χ2v) is 6.34. The topological polar surface area (TPSA) is 101 Å². The van der Waals surface area contributed by atoms with Gasteiger partial charge < -0.3 is 15.5 Å². The molecule has 23 heavy (non-hydrogen) atoms. The molecule has 0 spiro atoms. The molecule has 0 unspecified atom stereocenters. The number of primary amides is 1. The monoisotopic (exact) mass is 353 g/mol. The molecule has 1 saturated heterocycles. The maximum absolute atomic E-state index is 11.6. The summed E-state index contributed by atoms with van der Waals surface area (Å²) in [5.41, 5.74) is 5.73. The Balaban J connectivity index is 1.79. The van der Waals surface area contributed by atoms with Crippen LogP contribution in [0.5, 0.6) is 0 Å². The van der Waals surface area contributed by atoms with E-state index in [4.69, 9.17) is 17.3 Å². The lowest BCUT2D eigenvalue weighted by Crippen LogP contribution is -2.33. The lowest BCUT2D eigenvalue weighted by molar-refractivity contribution is 0.1000. The first-order valence-corrected chi connectivity index (χ1v) is 8.33. The van der Waals surface area contributed by atoms with Crippen molar-refractivity contribution in [2.24, 2.45) is 5.73 Å². The van der Waals surface area contributed by atoms with Crippen LogP contribution in [0.1, 0.15) is 22.6 Å². The van der Waals surface area contributed by atoms with Crippen LogP contribution in [-0.4, -0.2) is 51.6 Å². The lowest BCUT2D eigenvalue weighted by Gasteiger charge is -2.23. The van der Waals surface area contributed by atoms with Crippen molar-refractivity contribution >= 4 is 40.0 Å². The minimum Gasteiger partial charge on any atom is -0.365 e. The number of aromatic nitrogens is 4. The summed E-state index contributed by atoms with van der Waals surface area (Å²) in [5, 5.41) is 8.98. The molecule has 1 aliphatic heterocycles. The van der Waals surface area contributed by atoms with Crippen LogP contribution in [0.2, 0.25) is 5.15 Å². The van der Waals surface area contributed by atoms with Crippen LogP contribution >= 0.6 is 23.1 Å². The minimum absolute atomic E-state index is 0.156. The third-order valence-corrected chi connectivity index (χ3v) is 4.65. The van der Waals surface area contributed by atoms with E-state index in [1.54, 1.807) is 0 Å². The third-order valence-electron chi connectivity index (χ3n) is 3.59. The van der Waals surface area contributed by atoms with Gasteiger partial charge in [-0.2, -0.15) is 4.37 Å². The van der Waals surface area contributed by atoms with Crippen molar-refractivity contribution in [3.8, 4) is 0 Å². The van der Waals surface area contributed by atoms with Gasteiger partial charge in [-0.05, 0) is 19.4 Å². The fourth-order valence-electron chi connectivity index (χ4n) is 2.51. The number of hydrogen-bond acceptors (Lipinski definition) is 8. The molecule has 0 aromatic carbocycles. The van der Waals surface area contributed by atoms with Crippen LogP contribution < -0.4 is 15.5 Å². The molecule has 8 nitrogen and oxygen atoms in total. The van der Waals surface area contributed by atoms with Crippen LogP contribution in [0.3, 0.4) is 0 Å². The van der Waals surface area contributed by atoms with E-state index < -0.39 is 5.91 Å². The van der Waals surface area contributed by atoms with Gasteiger partial charge in [-0.15, -0.1) is 10.2 Å². The van der Waals surface area contributed by atoms with Gasteiger partial charge in [0.25, 0.3) is 5.91 Å². The van der Waals surface area contributed by atoms with Gasteiger partial charge in [0.2, 0.25) is 5.13 Å². The van der Waals surface area contributed by atoms with Gasteiger partial charge in [0.05, 0.1) is 5.56 Å². The fraction of sp³-hybridized carbons (Fsp3) is 0.462. The molecule has 2 aromatic rings. The summed E-state index contributed by atoms with van der Waals surface area (Å²) in [7, 11) is 0. The van der Waals surface area contributed by atoms with E-state index in [9.17, 15) is 4.79 Å². The number of rotatable bonds is 3. The fourth-order valence-corrected chi connectivity index (χ4v) is 3.38. The predicted molar refractivity (Wildman–Crippen MR) is 89.2 cm³/mol. The summed E-state index contributed by atoms with van der Waals surface area (Å²) in [5.74, 6) is 0.709. The van der Waals surface area contributed by atoms with Crippen molar-refractivity contribution in [1.29, 1.82) is 0 Å². The molecule has 0 atom stereocenters. The molecule has 1 fully saturated rings. The predicted octanol–water partition coefficient (Wildman–Crippen LogP) is 1.11. The van der Waals surface area contributed by atoms with Crippen LogP contribution in [0.4, 0.5) is 10.9 Å². The minimum atomic E-state index is -0.558. The van der Waals surface area contributed by atoms with Gasteiger partial charge >= 0.3 is 0 Å². The summed E-state index contributed by atoms with van der Waals surface area (Å²) in [6, 6.07) is 1.46. The second kappa shape index (κ2) is 6.63. The van der Waals surface area contributed by atoms with Gasteiger partial charge in [0.15, 0.2) is 11.0 Å². The number of carbonyl (C=O) groups excluding carboxylic acids is 1. The van der Waals surface area contributed by atoms with Gasteiger partial charge in [-0.3, -0.25) is 4.79 Å². The van der Waals surface area contributed by atoms with Crippen LogP contribution in [0.25, 0.3) is 0 Å². The zero-order chi connectivity index (χ0) is 16.4. The number of amides is 1. The van der Waals surface area contributed by atoms with E-state index in [1.807, 2.05) is 11.8 Å². The van der Waals surface area contributed by atoms with Crippen LogP contribution in [-0.2, 0) is 0 Å². The highest BCUT2D eigenvalue weighted by molar-refractivity contribution is 7.09. The van der Waals surface area contributed by atoms with Crippen molar-refractivity contribution < 1.29 is 4.79 Å². The molecule has 3 rings (SSSR count). The molecule has 0 bridgehead atoms. The average molecular weight is 354 g/mol. The molecule has 0 aliphatic carbocycles. The molecule has 10 heteroatoms. The Morgan fingerprint density at radius 3 is 2.70 bits per heavy atom. The highest BCUT2D eigenvalue weighted by atomic mass is 35.5. The van der Waals surface area contributed by atoms with E-state index in [-0.39, 0.29) is 5.15 Å². The zero-order valence-corrected chi connectivity index (χ0v) is 14.1. The van der Waals surface area contributed by atoms with E-state index in [0.717, 1.165) is 37.0 Å². The van der Waals surface area contributed by atoms with Gasteiger partial charge in [0, 0.05) is 37.7 Å². The SMILES string of the molecule is Cc1nsc(N2CCCN(c3nnc(Cl)cc3C(N)=O)CC2)n1. The second-order valence-electron chi connectivity index (χ2n) is 5.22. The Labute approximate surface area is 142 Å². The first kappa shape index (κ1) is 15.9. The summed E-state index contributed by atoms with van der Waals surface area (Å²) >= 11 is 7.21. The number of hydrogen-bond donors (Lipinski definition) is 1. The van der Waals surface area contributed by atoms with Crippen molar-refractivity contribution in [1.82, 2.24) is 19.6 Å². The molecule has 3 heterocycles. The van der Waals surface area contributed by atoms with Gasteiger partial charge in [0.1, 0.15) is 5.82 Å². The highest BCUT2D eigenvalue weighted by Crippen LogP contribution is 2.23. The number of carbonyl (C=O) groups is 1. The van der Waals surface area contributed by atoms with E-state index >= 15 is 0 Å². The van der Waals surface area contributed by atoms with E-state index in [0.29, 0.717) is 17.9 Å². The first-order chi connectivity index (χ1) is 11.0. The highest BCUT2D eigenvalue weighted by Gasteiger charge is 2.22. The number of nitrogens with two attached hydrogens (primary N) is 1. The molecule has 0 saturated carbocycles. The Kier molecular flexibility index (Phi) is 4.58. The number of anilines is 2.